The SMILES string of the molecule is CC.CCCC(C)C=CC(=O)CC.Cc1cc(C)cc(C)c1. The molecule has 1 rings (SSSR count). The molecule has 0 saturated carbocycles. The van der Waals surface area contributed by atoms with Crippen LogP contribution in [0.5, 0.6) is 0 Å². The normalized spacial score (nSPS) is 11.1. The Morgan fingerprint density at radius 2 is 1.41 bits per heavy atom. The first-order chi connectivity index (χ1) is 10.4. The third-order valence-corrected chi connectivity index (χ3v) is 3.07. The molecule has 1 aromatic rings. The zero-order valence-corrected chi connectivity index (χ0v) is 16.0. The molecule has 22 heavy (non-hydrogen) atoms. The van der Waals surface area contributed by atoms with Crippen molar-refractivity contribution in [3.63, 3.8) is 0 Å². The van der Waals surface area contributed by atoms with Gasteiger partial charge in [-0.2, -0.15) is 0 Å². The van der Waals surface area contributed by atoms with Crippen molar-refractivity contribution in [2.45, 2.75) is 74.7 Å². The fraction of sp³-hybridized carbons (Fsp3) is 0.571. The molecule has 0 aromatic heterocycles. The summed E-state index contributed by atoms with van der Waals surface area (Å²) in [5, 5.41) is 0. The van der Waals surface area contributed by atoms with Gasteiger partial charge in [0.15, 0.2) is 5.78 Å². The molecule has 0 aliphatic heterocycles. The maximum Gasteiger partial charge on any atom is 0.155 e. The highest BCUT2D eigenvalue weighted by Crippen LogP contribution is 2.06. The van der Waals surface area contributed by atoms with E-state index in [0.29, 0.717) is 12.3 Å². The van der Waals surface area contributed by atoms with Gasteiger partial charge in [-0.05, 0) is 39.2 Å². The third-order valence-electron chi connectivity index (χ3n) is 3.07. The van der Waals surface area contributed by atoms with Gasteiger partial charge < -0.3 is 0 Å². The lowest BCUT2D eigenvalue weighted by Gasteiger charge is -2.00. The van der Waals surface area contributed by atoms with E-state index in [0.717, 1.165) is 0 Å². The predicted octanol–water partition coefficient (Wildman–Crippen LogP) is 6.60. The maximum absolute atomic E-state index is 10.8. The van der Waals surface area contributed by atoms with Crippen molar-refractivity contribution in [3.8, 4) is 0 Å². The minimum Gasteiger partial charge on any atom is -0.295 e. The summed E-state index contributed by atoms with van der Waals surface area (Å²) in [6.07, 6.45) is 6.70. The molecule has 1 heteroatoms. The molecule has 1 nitrogen and oxygen atoms in total. The number of benzene rings is 1. The highest BCUT2D eigenvalue weighted by molar-refractivity contribution is 5.89. The number of ketones is 1. The quantitative estimate of drug-likeness (QED) is 0.560. The van der Waals surface area contributed by atoms with Crippen molar-refractivity contribution >= 4 is 5.78 Å². The number of allylic oxidation sites excluding steroid dienone is 2. The van der Waals surface area contributed by atoms with Crippen LogP contribution in [-0.2, 0) is 4.79 Å². The van der Waals surface area contributed by atoms with Crippen LogP contribution in [0.2, 0.25) is 0 Å². The smallest absolute Gasteiger partial charge is 0.155 e. The van der Waals surface area contributed by atoms with Gasteiger partial charge >= 0.3 is 0 Å². The Morgan fingerprint density at radius 3 is 1.73 bits per heavy atom. The number of carbonyl (C=O) groups is 1. The van der Waals surface area contributed by atoms with E-state index in [-0.39, 0.29) is 5.78 Å². The van der Waals surface area contributed by atoms with Crippen molar-refractivity contribution in [2.24, 2.45) is 5.92 Å². The van der Waals surface area contributed by atoms with E-state index in [2.05, 4.69) is 52.8 Å². The van der Waals surface area contributed by atoms with Crippen molar-refractivity contribution in [2.75, 3.05) is 0 Å². The predicted molar refractivity (Wildman–Crippen MR) is 101 cm³/mol. The Morgan fingerprint density at radius 1 is 1.00 bits per heavy atom. The summed E-state index contributed by atoms with van der Waals surface area (Å²) in [5.41, 5.74) is 4.06. The van der Waals surface area contributed by atoms with E-state index in [4.69, 9.17) is 0 Å². The molecule has 1 atom stereocenters. The van der Waals surface area contributed by atoms with Crippen LogP contribution in [-0.4, -0.2) is 5.78 Å². The molecule has 0 N–H and O–H groups in total. The number of hydrogen-bond donors (Lipinski definition) is 0. The summed E-state index contributed by atoms with van der Waals surface area (Å²) in [5.74, 6) is 0.781. The molecule has 1 aromatic carbocycles. The van der Waals surface area contributed by atoms with Gasteiger partial charge in [-0.1, -0.05) is 82.0 Å². The van der Waals surface area contributed by atoms with Crippen LogP contribution in [0.15, 0.2) is 30.4 Å². The van der Waals surface area contributed by atoms with Gasteiger partial charge in [0.2, 0.25) is 0 Å². The Labute approximate surface area is 138 Å². The molecular formula is C21H36O. The van der Waals surface area contributed by atoms with Crippen molar-refractivity contribution < 1.29 is 4.79 Å². The molecule has 0 spiro atoms. The van der Waals surface area contributed by atoms with Crippen LogP contribution in [0.4, 0.5) is 0 Å². The van der Waals surface area contributed by atoms with Crippen molar-refractivity contribution in [1.29, 1.82) is 0 Å². The van der Waals surface area contributed by atoms with Gasteiger partial charge in [0, 0.05) is 6.42 Å². The average Bonchev–Trinajstić information content (AvgIpc) is 2.46. The van der Waals surface area contributed by atoms with Crippen LogP contribution in [0.25, 0.3) is 0 Å². The molecule has 0 radical (unpaired) electrons. The van der Waals surface area contributed by atoms with Gasteiger partial charge in [-0.25, -0.2) is 0 Å². The number of rotatable bonds is 5. The summed E-state index contributed by atoms with van der Waals surface area (Å²) in [4.78, 5) is 10.8. The van der Waals surface area contributed by atoms with Crippen LogP contribution < -0.4 is 0 Å². The van der Waals surface area contributed by atoms with Crippen molar-refractivity contribution in [3.05, 3.63) is 47.0 Å². The minimum atomic E-state index is 0.230. The number of hydrogen-bond acceptors (Lipinski definition) is 1. The fourth-order valence-electron chi connectivity index (χ4n) is 2.14. The van der Waals surface area contributed by atoms with E-state index in [1.165, 1.54) is 29.5 Å². The second-order valence-corrected chi connectivity index (χ2v) is 5.61. The van der Waals surface area contributed by atoms with Crippen LogP contribution in [0.3, 0.4) is 0 Å². The molecule has 0 aliphatic carbocycles. The van der Waals surface area contributed by atoms with E-state index < -0.39 is 0 Å². The van der Waals surface area contributed by atoms with E-state index in [1.54, 1.807) is 6.08 Å². The lowest BCUT2D eigenvalue weighted by atomic mass is 10.1. The average molecular weight is 305 g/mol. The molecule has 0 fully saturated rings. The summed E-state index contributed by atoms with van der Waals surface area (Å²) >= 11 is 0. The largest absolute Gasteiger partial charge is 0.295 e. The molecule has 1 unspecified atom stereocenters. The zero-order chi connectivity index (χ0) is 17.5. The van der Waals surface area contributed by atoms with Crippen LogP contribution >= 0.6 is 0 Å². The van der Waals surface area contributed by atoms with Crippen LogP contribution in [0.1, 0.15) is 70.6 Å². The second kappa shape index (κ2) is 14.6. The van der Waals surface area contributed by atoms with Gasteiger partial charge in [-0.15, -0.1) is 0 Å². The van der Waals surface area contributed by atoms with Crippen molar-refractivity contribution in [1.82, 2.24) is 0 Å². The first kappa shape index (κ1) is 22.9. The summed E-state index contributed by atoms with van der Waals surface area (Å²) < 4.78 is 0. The van der Waals surface area contributed by atoms with Gasteiger partial charge in [0.05, 0.1) is 0 Å². The molecule has 0 saturated heterocycles. The Balaban J connectivity index is 0. The Bertz CT molecular complexity index is 379. The van der Waals surface area contributed by atoms with E-state index in [1.807, 2.05) is 26.8 Å². The maximum atomic E-state index is 10.8. The standard InChI is InChI=1S/C10H18O.C9H12.C2H6/c1-4-6-9(3)7-8-10(11)5-2;1-7-4-8(2)6-9(3)5-7;1-2/h7-9H,4-6H2,1-3H3;4-6H,1-3H3;1-2H3. The summed E-state index contributed by atoms with van der Waals surface area (Å²) in [7, 11) is 0. The van der Waals surface area contributed by atoms with Gasteiger partial charge in [-0.3, -0.25) is 4.79 Å². The van der Waals surface area contributed by atoms with Gasteiger partial charge in [0.25, 0.3) is 0 Å². The monoisotopic (exact) mass is 304 g/mol. The van der Waals surface area contributed by atoms with Crippen LogP contribution in [0, 0.1) is 26.7 Å². The molecule has 0 aliphatic rings. The summed E-state index contributed by atoms with van der Waals surface area (Å²) in [6, 6.07) is 6.56. The highest BCUT2D eigenvalue weighted by Gasteiger charge is 1.95. The summed E-state index contributed by atoms with van der Waals surface area (Å²) in [6.45, 7) is 16.6. The first-order valence-corrected chi connectivity index (χ1v) is 8.64. The molecule has 0 bridgehead atoms. The minimum absolute atomic E-state index is 0.230. The third kappa shape index (κ3) is 13.6. The van der Waals surface area contributed by atoms with E-state index in [9.17, 15) is 4.79 Å². The molecule has 0 heterocycles. The Hall–Kier alpha value is -1.37. The highest BCUT2D eigenvalue weighted by atomic mass is 16.1. The lowest BCUT2D eigenvalue weighted by molar-refractivity contribution is -0.114. The number of carbonyl (C=O) groups excluding carboxylic acids is 1. The number of aryl methyl sites for hydroxylation is 3. The Kier molecular flexibility index (Phi) is 15.2. The topological polar surface area (TPSA) is 17.1 Å². The zero-order valence-electron chi connectivity index (χ0n) is 16.0. The fourth-order valence-corrected chi connectivity index (χ4v) is 2.14. The first-order valence-electron chi connectivity index (χ1n) is 8.64. The molecule has 0 amide bonds. The molecule has 126 valence electrons. The lowest BCUT2D eigenvalue weighted by Crippen LogP contribution is -1.92. The molecular weight excluding hydrogens is 268 g/mol. The second-order valence-electron chi connectivity index (χ2n) is 5.61. The van der Waals surface area contributed by atoms with E-state index >= 15 is 0 Å². The van der Waals surface area contributed by atoms with Gasteiger partial charge in [0.1, 0.15) is 0 Å².